The number of rotatable bonds is 8. The topological polar surface area (TPSA) is 83.5 Å². The first-order valence-electron chi connectivity index (χ1n) is 9.49. The summed E-state index contributed by atoms with van der Waals surface area (Å²) in [4.78, 5) is 11.6. The van der Waals surface area contributed by atoms with Gasteiger partial charge in [-0.3, -0.25) is 4.79 Å². The van der Waals surface area contributed by atoms with Crippen LogP contribution in [-0.4, -0.2) is 73.3 Å². The lowest BCUT2D eigenvalue weighted by molar-refractivity contribution is -0.283. The van der Waals surface area contributed by atoms with E-state index in [0.29, 0.717) is 6.61 Å². The quantitative estimate of drug-likeness (QED) is 0.461. The van der Waals surface area contributed by atoms with Crippen molar-refractivity contribution in [2.24, 2.45) is 0 Å². The standard InChI is InChI=1S/C17H38O7Si3/c1-12(18)21-16-15(24-27(8,9)10)14(23-26(5,6)7)13(22-17(16)19)11-20-25(2,3)4/h13-17,19H,11H2,1-10H3. The molecule has 0 spiro atoms. The minimum atomic E-state index is -2.03. The molecule has 5 unspecified atom stereocenters. The predicted molar refractivity (Wildman–Crippen MR) is 112 cm³/mol. The number of carbonyl (C=O) groups is 1. The van der Waals surface area contributed by atoms with Crippen LogP contribution in [0.1, 0.15) is 6.92 Å². The smallest absolute Gasteiger partial charge is 0.303 e. The molecule has 1 aliphatic rings. The van der Waals surface area contributed by atoms with Crippen LogP contribution in [0.2, 0.25) is 58.9 Å². The molecule has 0 amide bonds. The predicted octanol–water partition coefficient (Wildman–Crippen LogP) is 2.93. The van der Waals surface area contributed by atoms with Gasteiger partial charge in [-0.2, -0.15) is 0 Å². The number of esters is 1. The second-order valence-electron chi connectivity index (χ2n) is 9.95. The molecule has 1 rings (SSSR count). The lowest BCUT2D eigenvalue weighted by Crippen LogP contribution is -2.65. The van der Waals surface area contributed by atoms with Crippen LogP contribution in [0.3, 0.4) is 0 Å². The first-order chi connectivity index (χ1) is 12.0. The summed E-state index contributed by atoms with van der Waals surface area (Å²) in [6, 6.07) is 0. The van der Waals surface area contributed by atoms with Gasteiger partial charge in [-0.1, -0.05) is 0 Å². The van der Waals surface area contributed by atoms with Gasteiger partial charge in [-0.25, -0.2) is 0 Å². The van der Waals surface area contributed by atoms with Crippen molar-refractivity contribution < 1.29 is 32.7 Å². The number of hydrogen-bond acceptors (Lipinski definition) is 7. The fourth-order valence-corrected chi connectivity index (χ4v) is 5.62. The maximum Gasteiger partial charge on any atom is 0.303 e. The molecule has 0 aromatic heterocycles. The molecule has 5 atom stereocenters. The molecule has 160 valence electrons. The van der Waals surface area contributed by atoms with E-state index in [9.17, 15) is 9.90 Å². The Balaban J connectivity index is 3.22. The van der Waals surface area contributed by atoms with Crippen LogP contribution in [0, 0.1) is 0 Å². The summed E-state index contributed by atoms with van der Waals surface area (Å²) in [5.41, 5.74) is 0. The summed E-state index contributed by atoms with van der Waals surface area (Å²) in [6.45, 7) is 20.3. The molecule has 7 nitrogen and oxygen atoms in total. The van der Waals surface area contributed by atoms with E-state index >= 15 is 0 Å². The van der Waals surface area contributed by atoms with Crippen molar-refractivity contribution in [1.82, 2.24) is 0 Å². The molecule has 27 heavy (non-hydrogen) atoms. The fourth-order valence-electron chi connectivity index (χ4n) is 2.77. The summed E-state index contributed by atoms with van der Waals surface area (Å²) in [7, 11) is -5.80. The third-order valence-electron chi connectivity index (χ3n) is 3.57. The van der Waals surface area contributed by atoms with Crippen LogP contribution in [0.4, 0.5) is 0 Å². The van der Waals surface area contributed by atoms with E-state index < -0.39 is 61.6 Å². The molecule has 1 heterocycles. The van der Waals surface area contributed by atoms with Crippen molar-refractivity contribution in [2.45, 2.75) is 96.6 Å². The molecule has 1 N–H and O–H groups in total. The van der Waals surface area contributed by atoms with Crippen molar-refractivity contribution in [3.05, 3.63) is 0 Å². The zero-order chi connectivity index (χ0) is 21.2. The van der Waals surface area contributed by atoms with Crippen molar-refractivity contribution in [3.63, 3.8) is 0 Å². The number of ether oxygens (including phenoxy) is 2. The molecule has 0 saturated carbocycles. The SMILES string of the molecule is CC(=O)OC1C(O)OC(CO[Si](C)(C)C)C(O[Si](C)(C)C)C1O[Si](C)(C)C. The van der Waals surface area contributed by atoms with Gasteiger partial charge in [-0.05, 0) is 58.9 Å². The van der Waals surface area contributed by atoms with E-state index in [1.54, 1.807) is 0 Å². The van der Waals surface area contributed by atoms with Crippen molar-refractivity contribution in [3.8, 4) is 0 Å². The maximum absolute atomic E-state index is 11.6. The zero-order valence-electron chi connectivity index (χ0n) is 18.5. The third-order valence-corrected chi connectivity index (χ3v) is 6.56. The van der Waals surface area contributed by atoms with Gasteiger partial charge in [0.15, 0.2) is 37.3 Å². The summed E-state index contributed by atoms with van der Waals surface area (Å²) in [6.07, 6.45) is -3.80. The molecular weight excluding hydrogens is 400 g/mol. The van der Waals surface area contributed by atoms with E-state index in [0.717, 1.165) is 0 Å². The molecule has 0 bridgehead atoms. The number of hydrogen-bond donors (Lipinski definition) is 1. The van der Waals surface area contributed by atoms with Gasteiger partial charge in [0.2, 0.25) is 0 Å². The summed E-state index contributed by atoms with van der Waals surface area (Å²) < 4.78 is 30.0. The molecule has 0 aromatic rings. The van der Waals surface area contributed by atoms with E-state index in [1.165, 1.54) is 6.92 Å². The lowest BCUT2D eigenvalue weighted by atomic mass is 9.99. The fraction of sp³-hybridized carbons (Fsp3) is 0.941. The van der Waals surface area contributed by atoms with Crippen LogP contribution in [0.5, 0.6) is 0 Å². The van der Waals surface area contributed by atoms with E-state index in [4.69, 9.17) is 22.8 Å². The maximum atomic E-state index is 11.6. The second kappa shape index (κ2) is 9.16. The number of aliphatic hydroxyl groups is 1. The largest absolute Gasteiger partial charge is 0.454 e. The van der Waals surface area contributed by atoms with Gasteiger partial charge in [0, 0.05) is 6.92 Å². The highest BCUT2D eigenvalue weighted by atomic mass is 28.4. The number of aliphatic hydroxyl groups excluding tert-OH is 1. The highest BCUT2D eigenvalue weighted by Gasteiger charge is 2.51. The zero-order valence-corrected chi connectivity index (χ0v) is 21.5. The summed E-state index contributed by atoms with van der Waals surface area (Å²) in [5, 5.41) is 10.5. The highest BCUT2D eigenvalue weighted by molar-refractivity contribution is 6.70. The van der Waals surface area contributed by atoms with Gasteiger partial charge in [0.25, 0.3) is 0 Å². The monoisotopic (exact) mass is 438 g/mol. The van der Waals surface area contributed by atoms with Crippen LogP contribution in [0.15, 0.2) is 0 Å². The first-order valence-corrected chi connectivity index (χ1v) is 19.7. The second-order valence-corrected chi connectivity index (χ2v) is 23.4. The van der Waals surface area contributed by atoms with Crippen LogP contribution in [0.25, 0.3) is 0 Å². The Morgan fingerprint density at radius 3 is 1.74 bits per heavy atom. The van der Waals surface area contributed by atoms with Crippen molar-refractivity contribution in [2.75, 3.05) is 6.61 Å². The van der Waals surface area contributed by atoms with Crippen LogP contribution >= 0.6 is 0 Å². The Kier molecular flexibility index (Phi) is 8.47. The van der Waals surface area contributed by atoms with Crippen LogP contribution < -0.4 is 0 Å². The minimum Gasteiger partial charge on any atom is -0.454 e. The molecule has 0 aliphatic carbocycles. The molecule has 1 fully saturated rings. The van der Waals surface area contributed by atoms with Gasteiger partial charge in [0.1, 0.15) is 18.3 Å². The van der Waals surface area contributed by atoms with Gasteiger partial charge in [0.05, 0.1) is 6.61 Å². The Morgan fingerprint density at radius 1 is 0.852 bits per heavy atom. The van der Waals surface area contributed by atoms with E-state index in [1.807, 2.05) is 0 Å². The third kappa shape index (κ3) is 9.31. The van der Waals surface area contributed by atoms with Crippen LogP contribution in [-0.2, 0) is 27.5 Å². The Bertz CT molecular complexity index is 496. The van der Waals surface area contributed by atoms with Gasteiger partial charge in [-0.15, -0.1) is 0 Å². The average molecular weight is 439 g/mol. The van der Waals surface area contributed by atoms with Gasteiger partial charge >= 0.3 is 5.97 Å². The molecular formula is C17H38O7Si3. The molecule has 10 heteroatoms. The Morgan fingerprint density at radius 2 is 1.33 bits per heavy atom. The summed E-state index contributed by atoms with van der Waals surface area (Å²) in [5.74, 6) is -0.490. The molecule has 0 radical (unpaired) electrons. The average Bonchev–Trinajstić information content (AvgIpc) is 2.40. The number of carbonyl (C=O) groups excluding carboxylic acids is 1. The molecule has 1 saturated heterocycles. The highest BCUT2D eigenvalue weighted by Crippen LogP contribution is 2.32. The Hall–Kier alpha value is -0.0794. The van der Waals surface area contributed by atoms with E-state index in [2.05, 4.69) is 58.9 Å². The summed E-state index contributed by atoms with van der Waals surface area (Å²) >= 11 is 0. The van der Waals surface area contributed by atoms with Gasteiger partial charge < -0.3 is 27.9 Å². The first kappa shape index (κ1) is 25.0. The Labute approximate surface area is 167 Å². The molecule has 0 aromatic carbocycles. The minimum absolute atomic E-state index is 0.306. The normalized spacial score (nSPS) is 30.3. The lowest BCUT2D eigenvalue weighted by Gasteiger charge is -2.48. The van der Waals surface area contributed by atoms with Crippen molar-refractivity contribution in [1.29, 1.82) is 0 Å². The van der Waals surface area contributed by atoms with E-state index in [-0.39, 0.29) is 0 Å². The van der Waals surface area contributed by atoms with Crippen molar-refractivity contribution >= 4 is 30.9 Å². The molecule has 1 aliphatic heterocycles.